The summed E-state index contributed by atoms with van der Waals surface area (Å²) in [4.78, 5) is 36.1. The van der Waals surface area contributed by atoms with Gasteiger partial charge in [0.2, 0.25) is 0 Å². The Morgan fingerprint density at radius 3 is 2.43 bits per heavy atom. The van der Waals surface area contributed by atoms with Crippen LogP contribution in [0.25, 0.3) is 0 Å². The van der Waals surface area contributed by atoms with Crippen LogP contribution < -0.4 is 15.4 Å². The van der Waals surface area contributed by atoms with Gasteiger partial charge in [0.25, 0.3) is 11.8 Å². The number of carbonyl (C=O) groups is 3. The number of aryl methyl sites for hydroxylation is 1. The molecule has 0 aliphatic heterocycles. The zero-order chi connectivity index (χ0) is 20.5. The molecule has 0 saturated heterocycles. The van der Waals surface area contributed by atoms with Crippen molar-refractivity contribution in [2.45, 2.75) is 26.4 Å². The van der Waals surface area contributed by atoms with Crippen LogP contribution in [0.4, 0.5) is 5.69 Å². The highest BCUT2D eigenvalue weighted by atomic mass is 16.5. The third kappa shape index (κ3) is 6.12. The van der Waals surface area contributed by atoms with Gasteiger partial charge in [-0.3, -0.25) is 14.4 Å². The van der Waals surface area contributed by atoms with Crippen molar-refractivity contribution in [1.29, 1.82) is 0 Å². The summed E-state index contributed by atoms with van der Waals surface area (Å²) in [5, 5.41) is 5.14. The van der Waals surface area contributed by atoms with Gasteiger partial charge in [-0.25, -0.2) is 0 Å². The molecule has 2 aromatic carbocycles. The second-order valence-corrected chi connectivity index (χ2v) is 6.09. The number of methoxy groups -OCH3 is 1. The lowest BCUT2D eigenvalue weighted by Gasteiger charge is -2.14. The molecule has 0 aromatic heterocycles. The SMILES string of the molecule is CCc1ccc(NC(=O)[C@H](C)OC(=O)CNC(=O)c2cccc(OC)c2)cc1. The van der Waals surface area contributed by atoms with E-state index in [2.05, 4.69) is 10.6 Å². The van der Waals surface area contributed by atoms with Crippen molar-refractivity contribution in [2.75, 3.05) is 19.0 Å². The molecule has 2 N–H and O–H groups in total. The Morgan fingerprint density at radius 1 is 1.07 bits per heavy atom. The van der Waals surface area contributed by atoms with E-state index in [0.29, 0.717) is 17.0 Å². The Kier molecular flexibility index (Phi) is 7.56. The summed E-state index contributed by atoms with van der Waals surface area (Å²) in [6, 6.07) is 14.0. The summed E-state index contributed by atoms with van der Waals surface area (Å²) < 4.78 is 10.1. The van der Waals surface area contributed by atoms with E-state index in [9.17, 15) is 14.4 Å². The van der Waals surface area contributed by atoms with Gasteiger partial charge in [-0.15, -0.1) is 0 Å². The van der Waals surface area contributed by atoms with Gasteiger partial charge in [0.15, 0.2) is 6.10 Å². The molecule has 0 aliphatic carbocycles. The Balaban J connectivity index is 1.80. The predicted molar refractivity (Wildman–Crippen MR) is 105 cm³/mol. The van der Waals surface area contributed by atoms with Crippen molar-refractivity contribution >= 4 is 23.5 Å². The molecule has 0 fully saturated rings. The van der Waals surface area contributed by atoms with Crippen LogP contribution in [0.15, 0.2) is 48.5 Å². The van der Waals surface area contributed by atoms with E-state index in [1.54, 1.807) is 36.4 Å². The highest BCUT2D eigenvalue weighted by Crippen LogP contribution is 2.12. The average molecular weight is 384 g/mol. The molecule has 28 heavy (non-hydrogen) atoms. The molecule has 2 amide bonds. The molecule has 0 saturated carbocycles. The van der Waals surface area contributed by atoms with E-state index < -0.39 is 23.9 Å². The largest absolute Gasteiger partial charge is 0.497 e. The van der Waals surface area contributed by atoms with Crippen LogP contribution in [0.3, 0.4) is 0 Å². The zero-order valence-electron chi connectivity index (χ0n) is 16.2. The summed E-state index contributed by atoms with van der Waals surface area (Å²) in [6.07, 6.45) is -0.0870. The summed E-state index contributed by atoms with van der Waals surface area (Å²) in [6.45, 7) is 3.17. The molecule has 0 radical (unpaired) electrons. The van der Waals surface area contributed by atoms with Crippen LogP contribution in [0, 0.1) is 0 Å². The molecule has 0 spiro atoms. The maximum Gasteiger partial charge on any atom is 0.326 e. The summed E-state index contributed by atoms with van der Waals surface area (Å²) in [5.74, 6) is -1.06. The minimum absolute atomic E-state index is 0.348. The first-order valence-corrected chi connectivity index (χ1v) is 8.94. The molecule has 0 unspecified atom stereocenters. The second-order valence-electron chi connectivity index (χ2n) is 6.09. The molecule has 2 rings (SSSR count). The van der Waals surface area contributed by atoms with Crippen molar-refractivity contribution in [2.24, 2.45) is 0 Å². The lowest BCUT2D eigenvalue weighted by atomic mass is 10.1. The molecule has 7 nitrogen and oxygen atoms in total. The Labute approximate surface area is 164 Å². The van der Waals surface area contributed by atoms with Gasteiger partial charge in [-0.05, 0) is 49.2 Å². The minimum atomic E-state index is -0.993. The number of nitrogens with one attached hydrogen (secondary N) is 2. The number of esters is 1. The third-order valence-corrected chi connectivity index (χ3v) is 4.03. The number of anilines is 1. The quantitative estimate of drug-likeness (QED) is 0.682. The van der Waals surface area contributed by atoms with Gasteiger partial charge in [0, 0.05) is 11.3 Å². The Hall–Kier alpha value is -3.35. The fourth-order valence-electron chi connectivity index (χ4n) is 2.38. The highest BCUT2D eigenvalue weighted by Gasteiger charge is 2.18. The van der Waals surface area contributed by atoms with Crippen LogP contribution in [0.2, 0.25) is 0 Å². The van der Waals surface area contributed by atoms with Crippen molar-refractivity contribution in [3.63, 3.8) is 0 Å². The van der Waals surface area contributed by atoms with Gasteiger partial charge in [0.1, 0.15) is 12.3 Å². The summed E-state index contributed by atoms with van der Waals surface area (Å²) >= 11 is 0. The van der Waals surface area contributed by atoms with Gasteiger partial charge < -0.3 is 20.1 Å². The smallest absolute Gasteiger partial charge is 0.326 e. The second kappa shape index (κ2) is 10.1. The Morgan fingerprint density at radius 2 is 1.79 bits per heavy atom. The van der Waals surface area contributed by atoms with E-state index in [-0.39, 0.29) is 6.54 Å². The van der Waals surface area contributed by atoms with Crippen LogP contribution >= 0.6 is 0 Å². The average Bonchev–Trinajstić information content (AvgIpc) is 2.72. The maximum atomic E-state index is 12.1. The highest BCUT2D eigenvalue weighted by molar-refractivity contribution is 5.97. The number of ether oxygens (including phenoxy) is 2. The van der Waals surface area contributed by atoms with E-state index in [0.717, 1.165) is 12.0 Å². The molecule has 2 aromatic rings. The van der Waals surface area contributed by atoms with E-state index in [1.165, 1.54) is 14.0 Å². The first-order valence-electron chi connectivity index (χ1n) is 8.94. The first-order chi connectivity index (χ1) is 13.4. The van der Waals surface area contributed by atoms with E-state index in [4.69, 9.17) is 9.47 Å². The topological polar surface area (TPSA) is 93.7 Å². The standard InChI is InChI=1S/C21H24N2O5/c1-4-15-8-10-17(11-9-15)23-20(25)14(2)28-19(24)13-22-21(26)16-6-5-7-18(12-16)27-3/h5-12,14H,4,13H2,1-3H3,(H,22,26)(H,23,25)/t14-/m0/s1. The number of benzene rings is 2. The minimum Gasteiger partial charge on any atom is -0.497 e. The van der Waals surface area contributed by atoms with Crippen LogP contribution in [0.5, 0.6) is 5.75 Å². The predicted octanol–water partition coefficient (Wildman–Crippen LogP) is 2.56. The molecule has 1 atom stereocenters. The Bertz CT molecular complexity index is 833. The number of amides is 2. The lowest BCUT2D eigenvalue weighted by Crippen LogP contribution is -2.35. The molecular formula is C21H24N2O5. The van der Waals surface area contributed by atoms with E-state index in [1.807, 2.05) is 19.1 Å². The van der Waals surface area contributed by atoms with Crippen LogP contribution in [-0.2, 0) is 20.7 Å². The van der Waals surface area contributed by atoms with Gasteiger partial charge >= 0.3 is 5.97 Å². The van der Waals surface area contributed by atoms with Crippen molar-refractivity contribution in [3.05, 3.63) is 59.7 Å². The number of hydrogen-bond donors (Lipinski definition) is 2. The zero-order valence-corrected chi connectivity index (χ0v) is 16.2. The van der Waals surface area contributed by atoms with Gasteiger partial charge in [-0.2, -0.15) is 0 Å². The van der Waals surface area contributed by atoms with Crippen molar-refractivity contribution in [1.82, 2.24) is 5.32 Å². The van der Waals surface area contributed by atoms with Gasteiger partial charge in [-0.1, -0.05) is 25.1 Å². The monoisotopic (exact) mass is 384 g/mol. The molecule has 0 bridgehead atoms. The van der Waals surface area contributed by atoms with Crippen LogP contribution in [0.1, 0.15) is 29.8 Å². The van der Waals surface area contributed by atoms with Crippen molar-refractivity contribution in [3.8, 4) is 5.75 Å². The number of carbonyl (C=O) groups excluding carboxylic acids is 3. The van der Waals surface area contributed by atoms with Crippen molar-refractivity contribution < 1.29 is 23.9 Å². The fourth-order valence-corrected chi connectivity index (χ4v) is 2.38. The van der Waals surface area contributed by atoms with Crippen LogP contribution in [-0.4, -0.2) is 37.5 Å². The molecular weight excluding hydrogens is 360 g/mol. The lowest BCUT2D eigenvalue weighted by molar-refractivity contribution is -0.152. The first kappa shape index (κ1) is 21.0. The summed E-state index contributed by atoms with van der Waals surface area (Å²) in [5.41, 5.74) is 2.13. The van der Waals surface area contributed by atoms with Gasteiger partial charge in [0.05, 0.1) is 7.11 Å². The molecule has 0 aliphatic rings. The number of hydrogen-bond acceptors (Lipinski definition) is 5. The summed E-state index contributed by atoms with van der Waals surface area (Å²) in [7, 11) is 1.50. The van der Waals surface area contributed by atoms with E-state index >= 15 is 0 Å². The normalized spacial score (nSPS) is 11.2. The molecule has 148 valence electrons. The molecule has 0 heterocycles. The number of rotatable bonds is 8. The maximum absolute atomic E-state index is 12.1. The fraction of sp³-hybridized carbons (Fsp3) is 0.286. The third-order valence-electron chi connectivity index (χ3n) is 4.03. The molecule has 7 heteroatoms.